The summed E-state index contributed by atoms with van der Waals surface area (Å²) in [6.07, 6.45) is 3.91. The van der Waals surface area contributed by atoms with Gasteiger partial charge in [-0.25, -0.2) is 0 Å². The molecular formula is C22H24FeN2. The van der Waals surface area contributed by atoms with Crippen LogP contribution in [0.1, 0.15) is 68.8 Å². The normalized spacial score (nSPS) is 13.3. The first-order valence-electron chi connectivity index (χ1n) is 8.69. The second-order valence-electron chi connectivity index (χ2n) is 6.83. The Morgan fingerprint density at radius 3 is 2.32 bits per heavy atom. The van der Waals surface area contributed by atoms with E-state index < -0.39 is 0 Å². The average Bonchev–Trinajstić information content (AvgIpc) is 3.02. The first kappa shape index (κ1) is 17.9. The molecule has 1 aromatic carbocycles. The van der Waals surface area contributed by atoms with Gasteiger partial charge in [-0.1, -0.05) is 0 Å². The Kier molecular flexibility index (Phi) is 5.39. The summed E-state index contributed by atoms with van der Waals surface area (Å²) in [6, 6.07) is 10.8. The van der Waals surface area contributed by atoms with Crippen LogP contribution < -0.4 is 4.59 Å². The zero-order chi connectivity index (χ0) is 18.0. The summed E-state index contributed by atoms with van der Waals surface area (Å²) in [7, 11) is 0. The molecule has 0 atom stereocenters. The fourth-order valence-electron chi connectivity index (χ4n) is 2.90. The van der Waals surface area contributed by atoms with Crippen LogP contribution in [0.5, 0.6) is 0 Å². The topological polar surface area (TPSA) is 25.2 Å². The first-order valence-corrected chi connectivity index (χ1v) is 9.80. The Morgan fingerprint density at radius 2 is 1.68 bits per heavy atom. The number of para-hydroxylation sites is 1. The molecule has 0 spiro atoms. The van der Waals surface area contributed by atoms with Gasteiger partial charge in [0.25, 0.3) is 0 Å². The number of aliphatic imine (C=N–C) groups is 1. The summed E-state index contributed by atoms with van der Waals surface area (Å²) in [5, 5.41) is 0. The number of pyridine rings is 1. The molecule has 130 valence electrons. The molecule has 2 nitrogen and oxygen atoms in total. The van der Waals surface area contributed by atoms with Crippen LogP contribution in [-0.2, 0) is 15.0 Å². The van der Waals surface area contributed by atoms with E-state index in [0.717, 1.165) is 41.1 Å². The summed E-state index contributed by atoms with van der Waals surface area (Å²) in [4.78, 5) is 9.75. The predicted octanol–water partition coefficient (Wildman–Crippen LogP) is 5.43. The molecular weight excluding hydrogens is 348 g/mol. The van der Waals surface area contributed by atoms with Crippen molar-refractivity contribution in [3.05, 3.63) is 58.4 Å². The van der Waals surface area contributed by atoms with Crippen molar-refractivity contribution in [3.8, 4) is 0 Å². The van der Waals surface area contributed by atoms with Crippen molar-refractivity contribution in [3.63, 3.8) is 0 Å². The Balaban J connectivity index is 1.93. The second-order valence-corrected chi connectivity index (χ2v) is 8.47. The van der Waals surface area contributed by atoms with Gasteiger partial charge >= 0.3 is 157 Å². The summed E-state index contributed by atoms with van der Waals surface area (Å²) >= 11 is 0.769. The molecule has 2 aromatic rings. The molecule has 0 aliphatic heterocycles. The molecule has 25 heavy (non-hydrogen) atoms. The van der Waals surface area contributed by atoms with Crippen LogP contribution in [0.2, 0.25) is 0 Å². The van der Waals surface area contributed by atoms with Crippen molar-refractivity contribution in [1.82, 2.24) is 4.98 Å². The summed E-state index contributed by atoms with van der Waals surface area (Å²) in [6.45, 7) is 11.0. The van der Waals surface area contributed by atoms with Crippen molar-refractivity contribution < 1.29 is 15.0 Å². The van der Waals surface area contributed by atoms with Gasteiger partial charge in [0.1, 0.15) is 0 Å². The molecule has 0 amide bonds. The molecule has 0 radical (unpaired) electrons. The third kappa shape index (κ3) is 4.02. The summed E-state index contributed by atoms with van der Waals surface area (Å²) in [5.74, 6) is 0.916. The van der Waals surface area contributed by atoms with E-state index in [1.165, 1.54) is 11.1 Å². The number of hydrogen-bond donors (Lipinski definition) is 0. The molecule has 0 fully saturated rings. The van der Waals surface area contributed by atoms with E-state index in [1.54, 1.807) is 0 Å². The van der Waals surface area contributed by atoms with Gasteiger partial charge in [-0.3, -0.25) is 0 Å². The molecule has 1 aliphatic rings. The molecule has 1 heterocycles. The minimum atomic E-state index is 0.458. The Labute approximate surface area is 157 Å². The number of rotatable bonds is 5. The average molecular weight is 372 g/mol. The van der Waals surface area contributed by atoms with Crippen molar-refractivity contribution in [2.75, 3.05) is 0 Å². The van der Waals surface area contributed by atoms with E-state index in [0.29, 0.717) is 11.8 Å². The fraction of sp³-hybridized carbons (Fsp3) is 0.318. The molecule has 0 N–H and O–H groups in total. The Hall–Kier alpha value is -1.92. The maximum absolute atomic E-state index is 5.03. The van der Waals surface area contributed by atoms with Gasteiger partial charge in [0.15, 0.2) is 0 Å². The van der Waals surface area contributed by atoms with Crippen molar-refractivity contribution in [2.45, 2.75) is 46.5 Å². The van der Waals surface area contributed by atoms with E-state index in [1.807, 2.05) is 12.2 Å². The van der Waals surface area contributed by atoms with E-state index in [2.05, 4.69) is 70.7 Å². The standard InChI is InChI=1S/C14H20N.C8H4N.Fe/c1-6-15-14-12(10(2)3)8-7-9-13(14)11(4)5;1-3-7-4-2-6-9-8(7)5-1;/h7-11H,1-5H3;2-5H;. The quantitative estimate of drug-likeness (QED) is 0.333. The molecule has 3 heteroatoms. The Bertz CT molecular complexity index is 859. The van der Waals surface area contributed by atoms with Gasteiger partial charge in [-0.2, -0.15) is 0 Å². The number of nitrogens with zero attached hydrogens (tertiary/aromatic N) is 2. The van der Waals surface area contributed by atoms with E-state index in [-0.39, 0.29) is 0 Å². The van der Waals surface area contributed by atoms with Gasteiger partial charge in [0.05, 0.1) is 0 Å². The van der Waals surface area contributed by atoms with Crippen LogP contribution in [0.25, 0.3) is 12.2 Å². The molecule has 0 saturated carbocycles. The summed E-state index contributed by atoms with van der Waals surface area (Å²) < 4.78 is 2.15. The van der Waals surface area contributed by atoms with Gasteiger partial charge in [-0.15, -0.1) is 0 Å². The van der Waals surface area contributed by atoms with Crippen molar-refractivity contribution >= 4 is 27.0 Å². The SMILES string of the molecule is C[C](=Nc1c(C(C)C)cccc1C(C)C)[Fe][c]1ccc2c(n1)C=C=C2. The van der Waals surface area contributed by atoms with E-state index >= 15 is 0 Å². The van der Waals surface area contributed by atoms with E-state index in [4.69, 9.17) is 9.98 Å². The number of aromatic nitrogens is 1. The Morgan fingerprint density at radius 1 is 1.00 bits per heavy atom. The van der Waals surface area contributed by atoms with Crippen LogP contribution >= 0.6 is 0 Å². The molecule has 0 bridgehead atoms. The van der Waals surface area contributed by atoms with Gasteiger partial charge in [0, 0.05) is 0 Å². The predicted molar refractivity (Wildman–Crippen MR) is 104 cm³/mol. The molecule has 3 rings (SSSR count). The third-order valence-corrected chi connectivity index (χ3v) is 5.31. The minimum absolute atomic E-state index is 0.458. The van der Waals surface area contributed by atoms with Crippen LogP contribution in [0, 0.1) is 0 Å². The van der Waals surface area contributed by atoms with Crippen LogP contribution in [0.4, 0.5) is 5.69 Å². The van der Waals surface area contributed by atoms with Gasteiger partial charge in [-0.05, 0) is 0 Å². The van der Waals surface area contributed by atoms with Crippen LogP contribution in [-0.4, -0.2) is 9.59 Å². The van der Waals surface area contributed by atoms with Crippen molar-refractivity contribution in [2.24, 2.45) is 4.99 Å². The fourth-order valence-corrected chi connectivity index (χ4v) is 3.87. The molecule has 0 unspecified atom stereocenters. The number of benzene rings is 1. The van der Waals surface area contributed by atoms with Crippen LogP contribution in [0.3, 0.4) is 0 Å². The van der Waals surface area contributed by atoms with E-state index in [9.17, 15) is 0 Å². The zero-order valence-electron chi connectivity index (χ0n) is 15.4. The third-order valence-electron chi connectivity index (χ3n) is 4.20. The molecule has 1 aromatic heterocycles. The van der Waals surface area contributed by atoms with Crippen molar-refractivity contribution in [1.29, 1.82) is 0 Å². The van der Waals surface area contributed by atoms with Gasteiger partial charge in [0.2, 0.25) is 0 Å². The zero-order valence-corrected chi connectivity index (χ0v) is 16.5. The molecule has 0 saturated heterocycles. The number of hydrogen-bond acceptors (Lipinski definition) is 2. The van der Waals surface area contributed by atoms with Crippen LogP contribution in [0.15, 0.2) is 41.1 Å². The summed E-state index contributed by atoms with van der Waals surface area (Å²) in [5.41, 5.74) is 9.04. The second kappa shape index (κ2) is 7.54. The first-order chi connectivity index (χ1) is 12.0. The maximum atomic E-state index is 5.03. The molecule has 1 aliphatic carbocycles. The monoisotopic (exact) mass is 372 g/mol. The number of fused-ring (bicyclic) bond motifs is 1. The van der Waals surface area contributed by atoms with Gasteiger partial charge < -0.3 is 0 Å².